The predicted molar refractivity (Wildman–Crippen MR) is 126 cm³/mol. The lowest BCUT2D eigenvalue weighted by Gasteiger charge is -2.12. The van der Waals surface area contributed by atoms with E-state index >= 15 is 0 Å². The van der Waals surface area contributed by atoms with E-state index in [9.17, 15) is 19.1 Å². The number of rotatable bonds is 6. The molecule has 0 saturated heterocycles. The molecule has 7 nitrogen and oxygen atoms in total. The van der Waals surface area contributed by atoms with Crippen molar-refractivity contribution in [2.24, 2.45) is 5.92 Å². The monoisotopic (exact) mass is 462 g/mol. The first-order valence-corrected chi connectivity index (χ1v) is 11.8. The number of phenols is 1. The van der Waals surface area contributed by atoms with E-state index in [1.807, 2.05) is 6.07 Å². The Labute approximate surface area is 197 Å². The van der Waals surface area contributed by atoms with Crippen LogP contribution >= 0.6 is 0 Å². The van der Waals surface area contributed by atoms with Crippen molar-refractivity contribution < 1.29 is 19.1 Å². The van der Waals surface area contributed by atoms with Crippen molar-refractivity contribution in [2.75, 3.05) is 5.32 Å². The molecule has 34 heavy (non-hydrogen) atoms. The number of phenolic OH excluding ortho intramolecular Hbond substituents is 1. The molecule has 2 aromatic carbocycles. The fourth-order valence-corrected chi connectivity index (χ4v) is 4.50. The number of nitrogens with zero attached hydrogens (tertiary/aromatic N) is 2. The van der Waals surface area contributed by atoms with Gasteiger partial charge in [-0.2, -0.15) is 9.78 Å². The second-order valence-electron chi connectivity index (χ2n) is 9.09. The highest BCUT2D eigenvalue weighted by Gasteiger charge is 2.30. The van der Waals surface area contributed by atoms with E-state index in [0.29, 0.717) is 22.5 Å². The van der Waals surface area contributed by atoms with Gasteiger partial charge in [0.25, 0.3) is 0 Å². The highest BCUT2D eigenvalue weighted by molar-refractivity contribution is 5.95. The molecule has 3 N–H and O–H groups in total. The molecular formula is C26H27FN4O3. The molecule has 2 aliphatic rings. The van der Waals surface area contributed by atoms with Crippen LogP contribution in [0.25, 0.3) is 11.3 Å². The van der Waals surface area contributed by atoms with Gasteiger partial charge in [0.2, 0.25) is 5.91 Å². The summed E-state index contributed by atoms with van der Waals surface area (Å²) in [5, 5.41) is 20.7. The minimum Gasteiger partial charge on any atom is -0.507 e. The Morgan fingerprint density at radius 3 is 2.56 bits per heavy atom. The average molecular weight is 463 g/mol. The van der Waals surface area contributed by atoms with Crippen LogP contribution in [0.4, 0.5) is 14.9 Å². The molecule has 1 heterocycles. The second kappa shape index (κ2) is 9.29. The third kappa shape index (κ3) is 4.66. The Hall–Kier alpha value is -3.68. The third-order valence-electron chi connectivity index (χ3n) is 6.58. The molecule has 0 aliphatic heterocycles. The molecule has 0 spiro atoms. The van der Waals surface area contributed by atoms with Crippen molar-refractivity contribution in [3.05, 3.63) is 65.6 Å². The summed E-state index contributed by atoms with van der Waals surface area (Å²) >= 11 is 0. The zero-order chi connectivity index (χ0) is 23.7. The Kier molecular flexibility index (Phi) is 6.04. The maximum absolute atomic E-state index is 14.0. The number of nitrogens with one attached hydrogen (secondary N) is 2. The van der Waals surface area contributed by atoms with Crippen LogP contribution in [0.15, 0.2) is 48.5 Å². The zero-order valence-electron chi connectivity index (χ0n) is 18.8. The predicted octanol–water partition coefficient (Wildman–Crippen LogP) is 5.16. The summed E-state index contributed by atoms with van der Waals surface area (Å²) in [4.78, 5) is 25.2. The number of halogens is 1. The topological polar surface area (TPSA) is 96.2 Å². The zero-order valence-corrected chi connectivity index (χ0v) is 18.8. The summed E-state index contributed by atoms with van der Waals surface area (Å²) < 4.78 is 15.3. The van der Waals surface area contributed by atoms with Gasteiger partial charge in [0.05, 0.1) is 11.4 Å². The van der Waals surface area contributed by atoms with Crippen LogP contribution in [-0.2, 0) is 11.3 Å². The van der Waals surface area contributed by atoms with Gasteiger partial charge in [-0.25, -0.2) is 9.18 Å². The third-order valence-corrected chi connectivity index (χ3v) is 6.58. The van der Waals surface area contributed by atoms with Gasteiger partial charge in [-0.05, 0) is 56.0 Å². The Balaban J connectivity index is 1.43. The minimum atomic E-state index is -0.450. The molecule has 3 aromatic rings. The number of aromatic hydroxyl groups is 1. The quantitative estimate of drug-likeness (QED) is 0.441. The first-order chi connectivity index (χ1) is 16.5. The SMILES string of the molecule is O=C(Nc1ccc(O)c(-c2cc(C3CCCC3)n(C(=O)NCc3ccccc3F)n2)c1)C1CC1. The van der Waals surface area contributed by atoms with E-state index < -0.39 is 6.03 Å². The molecule has 0 bridgehead atoms. The van der Waals surface area contributed by atoms with Crippen molar-refractivity contribution in [3.8, 4) is 17.0 Å². The van der Waals surface area contributed by atoms with Crippen molar-refractivity contribution in [3.63, 3.8) is 0 Å². The lowest BCUT2D eigenvalue weighted by atomic mass is 10.0. The van der Waals surface area contributed by atoms with Gasteiger partial charge in [0.1, 0.15) is 11.6 Å². The summed E-state index contributed by atoms with van der Waals surface area (Å²) in [5.74, 6) is -0.154. The molecule has 2 fully saturated rings. The summed E-state index contributed by atoms with van der Waals surface area (Å²) in [6.07, 6.45) is 5.86. The van der Waals surface area contributed by atoms with Crippen LogP contribution in [0.3, 0.4) is 0 Å². The number of anilines is 1. The molecule has 176 valence electrons. The lowest BCUT2D eigenvalue weighted by Crippen LogP contribution is -2.31. The smallest absolute Gasteiger partial charge is 0.342 e. The maximum atomic E-state index is 14.0. The van der Waals surface area contributed by atoms with Gasteiger partial charge in [0.15, 0.2) is 0 Å². The molecule has 0 unspecified atom stereocenters. The summed E-state index contributed by atoms with van der Waals surface area (Å²) in [6, 6.07) is 12.5. The molecule has 2 aliphatic carbocycles. The number of hydrogen-bond donors (Lipinski definition) is 3. The Morgan fingerprint density at radius 1 is 1.06 bits per heavy atom. The van der Waals surface area contributed by atoms with Crippen LogP contribution in [0.1, 0.15) is 55.7 Å². The van der Waals surface area contributed by atoms with Crippen LogP contribution in [0, 0.1) is 11.7 Å². The number of carbonyl (C=O) groups excluding carboxylic acids is 2. The van der Waals surface area contributed by atoms with E-state index in [0.717, 1.165) is 44.2 Å². The fourth-order valence-electron chi connectivity index (χ4n) is 4.50. The molecule has 0 atom stereocenters. The van der Waals surface area contributed by atoms with Crippen LogP contribution in [0.5, 0.6) is 5.75 Å². The molecule has 1 aromatic heterocycles. The van der Waals surface area contributed by atoms with E-state index in [1.54, 1.807) is 30.3 Å². The second-order valence-corrected chi connectivity index (χ2v) is 9.09. The summed E-state index contributed by atoms with van der Waals surface area (Å²) in [5.41, 5.74) is 2.62. The van der Waals surface area contributed by atoms with Gasteiger partial charge in [-0.3, -0.25) is 4.79 Å². The molecule has 8 heteroatoms. The standard InChI is InChI=1S/C26H27FN4O3/c27-21-8-4-3-7-18(21)15-28-26(34)31-23(16-5-1-2-6-16)14-22(30-31)20-13-19(11-12-24(20)32)29-25(33)17-9-10-17/h3-4,7-8,11-14,16-17,32H,1-2,5-6,9-10,15H2,(H,28,34)(H,29,33). The molecule has 2 amide bonds. The number of aromatic nitrogens is 2. The highest BCUT2D eigenvalue weighted by atomic mass is 19.1. The van der Waals surface area contributed by atoms with Crippen molar-refractivity contribution in [1.82, 2.24) is 15.1 Å². The van der Waals surface area contributed by atoms with Crippen molar-refractivity contribution in [2.45, 2.75) is 51.0 Å². The normalized spacial score (nSPS) is 15.9. The number of amides is 2. The lowest BCUT2D eigenvalue weighted by molar-refractivity contribution is -0.117. The highest BCUT2D eigenvalue weighted by Crippen LogP contribution is 2.38. The van der Waals surface area contributed by atoms with Gasteiger partial charge in [-0.1, -0.05) is 31.0 Å². The minimum absolute atomic E-state index is 0.0128. The summed E-state index contributed by atoms with van der Waals surface area (Å²) in [7, 11) is 0. The van der Waals surface area contributed by atoms with E-state index in [4.69, 9.17) is 0 Å². The molecule has 2 saturated carbocycles. The van der Waals surface area contributed by atoms with E-state index in [1.165, 1.54) is 16.8 Å². The average Bonchev–Trinajstić information content (AvgIpc) is 3.36. The Morgan fingerprint density at radius 2 is 1.82 bits per heavy atom. The number of benzene rings is 2. The number of hydrogen-bond acceptors (Lipinski definition) is 4. The number of carbonyl (C=O) groups is 2. The van der Waals surface area contributed by atoms with Crippen molar-refractivity contribution in [1.29, 1.82) is 0 Å². The van der Waals surface area contributed by atoms with Gasteiger partial charge >= 0.3 is 6.03 Å². The van der Waals surface area contributed by atoms with Gasteiger partial charge < -0.3 is 15.7 Å². The molecule has 0 radical (unpaired) electrons. The van der Waals surface area contributed by atoms with Crippen molar-refractivity contribution >= 4 is 17.6 Å². The first-order valence-electron chi connectivity index (χ1n) is 11.8. The van der Waals surface area contributed by atoms with Crippen LogP contribution in [-0.4, -0.2) is 26.8 Å². The van der Waals surface area contributed by atoms with E-state index in [2.05, 4.69) is 15.7 Å². The van der Waals surface area contributed by atoms with Gasteiger partial charge in [0, 0.05) is 35.2 Å². The molecular weight excluding hydrogens is 435 g/mol. The maximum Gasteiger partial charge on any atom is 0.342 e. The molecule has 5 rings (SSSR count). The Bertz CT molecular complexity index is 1230. The first kappa shape index (κ1) is 22.1. The van der Waals surface area contributed by atoms with Gasteiger partial charge in [-0.15, -0.1) is 0 Å². The van der Waals surface area contributed by atoms with Crippen LogP contribution in [0.2, 0.25) is 0 Å². The van der Waals surface area contributed by atoms with Crippen LogP contribution < -0.4 is 10.6 Å². The van der Waals surface area contributed by atoms with E-state index in [-0.39, 0.29) is 35.9 Å². The fraction of sp³-hybridized carbons (Fsp3) is 0.346. The largest absolute Gasteiger partial charge is 0.507 e. The summed E-state index contributed by atoms with van der Waals surface area (Å²) in [6.45, 7) is 0.0404.